The predicted molar refractivity (Wildman–Crippen MR) is 69.1 cm³/mol. The molecule has 1 aliphatic rings. The first-order valence-corrected chi connectivity index (χ1v) is 5.97. The molecule has 0 bridgehead atoms. The normalized spacial score (nSPS) is 19.2. The summed E-state index contributed by atoms with van der Waals surface area (Å²) in [7, 11) is 0. The Balaban J connectivity index is 2.38. The van der Waals surface area contributed by atoms with Gasteiger partial charge in [-0.1, -0.05) is 0 Å². The summed E-state index contributed by atoms with van der Waals surface area (Å²) in [5, 5.41) is 12.2. The van der Waals surface area contributed by atoms with E-state index in [-0.39, 0.29) is 0 Å². The van der Waals surface area contributed by atoms with E-state index in [9.17, 15) is 14.7 Å². The number of carboxylic acid groups (broad SMARTS) is 1. The number of aliphatic carboxylic acids is 1. The second kappa shape index (κ2) is 5.23. The quantitative estimate of drug-likeness (QED) is 0.669. The van der Waals surface area contributed by atoms with Crippen LogP contribution < -0.4 is 16.0 Å². The molecule has 1 amide bonds. The average Bonchev–Trinajstić information content (AvgIpc) is 2.37. The minimum absolute atomic E-state index is 0.338. The lowest BCUT2D eigenvalue weighted by Crippen LogP contribution is -2.55. The van der Waals surface area contributed by atoms with Gasteiger partial charge in [0.15, 0.2) is 0 Å². The molecule has 0 spiro atoms. The van der Waals surface area contributed by atoms with Crippen LogP contribution in [0.1, 0.15) is 16.1 Å². The van der Waals surface area contributed by atoms with Crippen molar-refractivity contribution >= 4 is 17.7 Å². The van der Waals surface area contributed by atoms with Crippen LogP contribution in [0.4, 0.5) is 5.82 Å². The number of piperazine rings is 1. The Hall–Kier alpha value is -2.15. The monoisotopic (exact) mass is 264 g/mol. The van der Waals surface area contributed by atoms with Crippen molar-refractivity contribution in [2.24, 2.45) is 5.73 Å². The van der Waals surface area contributed by atoms with Crippen LogP contribution in [0.15, 0.2) is 12.1 Å². The molecule has 7 heteroatoms. The van der Waals surface area contributed by atoms with Crippen LogP contribution in [0.5, 0.6) is 0 Å². The lowest BCUT2D eigenvalue weighted by molar-refractivity contribution is -0.138. The van der Waals surface area contributed by atoms with Crippen molar-refractivity contribution in [3.63, 3.8) is 0 Å². The van der Waals surface area contributed by atoms with Crippen molar-refractivity contribution in [3.8, 4) is 0 Å². The van der Waals surface area contributed by atoms with Crippen LogP contribution in [0.25, 0.3) is 0 Å². The van der Waals surface area contributed by atoms with E-state index < -0.39 is 17.9 Å². The van der Waals surface area contributed by atoms with E-state index in [2.05, 4.69) is 10.3 Å². The van der Waals surface area contributed by atoms with Crippen molar-refractivity contribution in [1.29, 1.82) is 0 Å². The zero-order valence-corrected chi connectivity index (χ0v) is 10.6. The summed E-state index contributed by atoms with van der Waals surface area (Å²) in [4.78, 5) is 28.5. The highest BCUT2D eigenvalue weighted by atomic mass is 16.4. The highest BCUT2D eigenvalue weighted by molar-refractivity contribution is 5.93. The van der Waals surface area contributed by atoms with Crippen LogP contribution >= 0.6 is 0 Å². The number of nitrogens with one attached hydrogen (secondary N) is 1. The number of hydrogen-bond donors (Lipinski definition) is 3. The largest absolute Gasteiger partial charge is 0.480 e. The van der Waals surface area contributed by atoms with Gasteiger partial charge >= 0.3 is 5.97 Å². The highest BCUT2D eigenvalue weighted by Crippen LogP contribution is 2.18. The first-order chi connectivity index (χ1) is 8.99. The number of carboxylic acids is 1. The van der Waals surface area contributed by atoms with Gasteiger partial charge in [0.05, 0.1) is 0 Å². The van der Waals surface area contributed by atoms with E-state index in [1.807, 2.05) is 0 Å². The lowest BCUT2D eigenvalue weighted by Gasteiger charge is -2.34. The highest BCUT2D eigenvalue weighted by Gasteiger charge is 2.29. The summed E-state index contributed by atoms with van der Waals surface area (Å²) >= 11 is 0. The molecule has 1 fully saturated rings. The fraction of sp³-hybridized carbons (Fsp3) is 0.417. The Morgan fingerprint density at radius 1 is 1.53 bits per heavy atom. The summed E-state index contributed by atoms with van der Waals surface area (Å²) in [6, 6.07) is 2.43. The molecule has 1 unspecified atom stereocenters. The Kier molecular flexibility index (Phi) is 3.66. The smallest absolute Gasteiger partial charge is 0.327 e. The fourth-order valence-electron chi connectivity index (χ4n) is 2.14. The molecule has 1 atom stereocenters. The van der Waals surface area contributed by atoms with E-state index in [1.165, 1.54) is 6.07 Å². The third-order valence-corrected chi connectivity index (χ3v) is 3.05. The number of hydrogen-bond acceptors (Lipinski definition) is 5. The molecular formula is C12H16N4O3. The van der Waals surface area contributed by atoms with Crippen molar-refractivity contribution in [2.75, 3.05) is 24.5 Å². The molecule has 1 aliphatic heterocycles. The van der Waals surface area contributed by atoms with Gasteiger partial charge in [0.2, 0.25) is 5.91 Å². The number of nitrogens with zero attached hydrogens (tertiary/aromatic N) is 2. The van der Waals surface area contributed by atoms with Gasteiger partial charge in [-0.25, -0.2) is 9.78 Å². The second-order valence-corrected chi connectivity index (χ2v) is 4.47. The summed E-state index contributed by atoms with van der Waals surface area (Å²) in [5.74, 6) is -0.993. The molecule has 7 nitrogen and oxygen atoms in total. The van der Waals surface area contributed by atoms with Gasteiger partial charge in [-0.05, 0) is 19.1 Å². The van der Waals surface area contributed by atoms with Gasteiger partial charge in [-0.3, -0.25) is 4.79 Å². The van der Waals surface area contributed by atoms with E-state index in [0.717, 1.165) is 0 Å². The molecule has 1 saturated heterocycles. The number of aromatic nitrogens is 1. The number of amides is 1. The third kappa shape index (κ3) is 2.82. The first-order valence-electron chi connectivity index (χ1n) is 5.97. The van der Waals surface area contributed by atoms with Crippen LogP contribution in [-0.2, 0) is 4.79 Å². The molecule has 1 aromatic heterocycles. The van der Waals surface area contributed by atoms with Crippen LogP contribution in [0.3, 0.4) is 0 Å². The van der Waals surface area contributed by atoms with Crippen molar-refractivity contribution in [3.05, 3.63) is 23.4 Å². The summed E-state index contributed by atoms with van der Waals surface area (Å²) in [6.07, 6.45) is 0. The minimum atomic E-state index is -0.920. The van der Waals surface area contributed by atoms with Crippen molar-refractivity contribution < 1.29 is 14.7 Å². The van der Waals surface area contributed by atoms with Crippen LogP contribution in [0.2, 0.25) is 0 Å². The van der Waals surface area contributed by atoms with E-state index in [0.29, 0.717) is 36.7 Å². The maximum Gasteiger partial charge on any atom is 0.327 e. The van der Waals surface area contributed by atoms with Crippen LogP contribution in [0, 0.1) is 6.92 Å². The molecule has 102 valence electrons. The Labute approximate surface area is 110 Å². The van der Waals surface area contributed by atoms with Gasteiger partial charge in [0.25, 0.3) is 0 Å². The molecule has 4 N–H and O–H groups in total. The average molecular weight is 264 g/mol. The summed E-state index contributed by atoms with van der Waals surface area (Å²) in [6.45, 7) is 3.28. The van der Waals surface area contributed by atoms with E-state index in [1.54, 1.807) is 17.9 Å². The Bertz CT molecular complexity index is 518. The molecular weight excluding hydrogens is 248 g/mol. The fourth-order valence-corrected chi connectivity index (χ4v) is 2.14. The zero-order valence-electron chi connectivity index (χ0n) is 10.6. The molecule has 2 rings (SSSR count). The van der Waals surface area contributed by atoms with Gasteiger partial charge in [0.1, 0.15) is 11.9 Å². The minimum Gasteiger partial charge on any atom is -0.480 e. The Morgan fingerprint density at radius 3 is 2.89 bits per heavy atom. The van der Waals surface area contributed by atoms with Gasteiger partial charge in [0, 0.05) is 30.9 Å². The van der Waals surface area contributed by atoms with Gasteiger partial charge in [-0.2, -0.15) is 0 Å². The molecule has 1 aromatic rings. The summed E-state index contributed by atoms with van der Waals surface area (Å²) in [5.41, 5.74) is 6.23. The molecule has 2 heterocycles. The van der Waals surface area contributed by atoms with Crippen LogP contribution in [-0.4, -0.2) is 47.6 Å². The first kappa shape index (κ1) is 13.3. The predicted octanol–water partition coefficient (Wildman–Crippen LogP) is -0.648. The number of primary amides is 1. The number of anilines is 1. The molecule has 0 saturated carbocycles. The standard InChI is InChI=1S/C12H16N4O3/c1-7-4-8(11(13)17)5-10(15-7)16-3-2-14-6-9(16)12(18)19/h4-5,9,14H,2-3,6H2,1H3,(H2,13,17)(H,18,19). The number of nitrogens with two attached hydrogens (primary N) is 1. The number of aryl methyl sites for hydroxylation is 1. The lowest BCUT2D eigenvalue weighted by atomic mass is 10.1. The zero-order chi connectivity index (χ0) is 14.0. The third-order valence-electron chi connectivity index (χ3n) is 3.05. The summed E-state index contributed by atoms with van der Waals surface area (Å²) < 4.78 is 0. The SMILES string of the molecule is Cc1cc(C(N)=O)cc(N2CCNCC2C(=O)O)n1. The molecule has 0 radical (unpaired) electrons. The van der Waals surface area contributed by atoms with Crippen molar-refractivity contribution in [1.82, 2.24) is 10.3 Å². The number of carbonyl (C=O) groups is 2. The van der Waals surface area contributed by atoms with Gasteiger partial charge in [-0.15, -0.1) is 0 Å². The molecule has 0 aromatic carbocycles. The molecule has 0 aliphatic carbocycles. The van der Waals surface area contributed by atoms with Gasteiger partial charge < -0.3 is 21.1 Å². The topological polar surface area (TPSA) is 109 Å². The number of pyridine rings is 1. The van der Waals surface area contributed by atoms with E-state index >= 15 is 0 Å². The molecule has 19 heavy (non-hydrogen) atoms. The second-order valence-electron chi connectivity index (χ2n) is 4.47. The number of rotatable bonds is 3. The maximum absolute atomic E-state index is 11.3. The van der Waals surface area contributed by atoms with E-state index in [4.69, 9.17) is 5.73 Å². The Morgan fingerprint density at radius 2 is 2.26 bits per heavy atom. The maximum atomic E-state index is 11.3. The number of carbonyl (C=O) groups excluding carboxylic acids is 1. The van der Waals surface area contributed by atoms with Crippen molar-refractivity contribution in [2.45, 2.75) is 13.0 Å².